The van der Waals surface area contributed by atoms with Gasteiger partial charge in [0.05, 0.1) is 17.2 Å². The Morgan fingerprint density at radius 1 is 0.929 bits per heavy atom. The number of alkyl halides is 6. The minimum absolute atomic E-state index is 0.0404. The van der Waals surface area contributed by atoms with Crippen LogP contribution in [0.5, 0.6) is 5.75 Å². The summed E-state index contributed by atoms with van der Waals surface area (Å²) in [5.41, 5.74) is -2.97. The number of carbonyl (C=O) groups is 1. The molecule has 2 rings (SSSR count). The van der Waals surface area contributed by atoms with Gasteiger partial charge in [0.15, 0.2) is 0 Å². The number of halogens is 6. The first-order chi connectivity index (χ1) is 12.9. The highest BCUT2D eigenvalue weighted by Crippen LogP contribution is 2.36. The van der Waals surface area contributed by atoms with Crippen LogP contribution < -0.4 is 10.1 Å². The molecule has 0 aromatic heterocycles. The molecule has 152 valence electrons. The largest absolute Gasteiger partial charge is 0.491 e. The Morgan fingerprint density at radius 3 is 1.86 bits per heavy atom. The molecule has 2 aromatic rings. The van der Waals surface area contributed by atoms with Gasteiger partial charge in [0.1, 0.15) is 5.75 Å². The molecule has 0 saturated carbocycles. The first-order valence-corrected chi connectivity index (χ1v) is 8.19. The summed E-state index contributed by atoms with van der Waals surface area (Å²) in [5.74, 6) is -0.110. The normalized spacial score (nSPS) is 12.2. The number of hydrogen-bond acceptors (Lipinski definition) is 2. The molecule has 0 aliphatic rings. The van der Waals surface area contributed by atoms with Gasteiger partial charge in [-0.25, -0.2) is 0 Å². The Labute approximate surface area is 157 Å². The molecule has 0 heterocycles. The van der Waals surface area contributed by atoms with Gasteiger partial charge in [-0.3, -0.25) is 4.79 Å². The van der Waals surface area contributed by atoms with E-state index in [1.54, 1.807) is 12.1 Å². The summed E-state index contributed by atoms with van der Waals surface area (Å²) in [4.78, 5) is 12.1. The van der Waals surface area contributed by atoms with E-state index in [0.717, 1.165) is 0 Å². The lowest BCUT2D eigenvalue weighted by Crippen LogP contribution is -2.23. The smallest absolute Gasteiger partial charge is 0.416 e. The number of nitrogens with one attached hydrogen (secondary N) is 1. The summed E-state index contributed by atoms with van der Waals surface area (Å²) in [7, 11) is 0. The molecule has 0 atom stereocenters. The predicted octanol–water partition coefficient (Wildman–Crippen LogP) is 5.44. The molecule has 0 bridgehead atoms. The third-order valence-corrected chi connectivity index (χ3v) is 3.59. The maximum absolute atomic E-state index is 12.9. The molecule has 3 nitrogen and oxygen atoms in total. The second kappa shape index (κ2) is 8.12. The number of hydrogen-bond donors (Lipinski definition) is 1. The molecule has 1 N–H and O–H groups in total. The van der Waals surface area contributed by atoms with Crippen LogP contribution in [-0.2, 0) is 18.9 Å². The molecule has 0 aliphatic carbocycles. The van der Waals surface area contributed by atoms with Crippen molar-refractivity contribution >= 4 is 5.91 Å². The quantitative estimate of drug-likeness (QED) is 0.673. The van der Waals surface area contributed by atoms with Crippen molar-refractivity contribution in [2.45, 2.75) is 38.8 Å². The molecule has 1 amide bonds. The van der Waals surface area contributed by atoms with Crippen LogP contribution in [0.25, 0.3) is 0 Å². The first kappa shape index (κ1) is 21.6. The zero-order valence-electron chi connectivity index (χ0n) is 14.9. The zero-order valence-corrected chi connectivity index (χ0v) is 14.9. The van der Waals surface area contributed by atoms with E-state index in [1.165, 1.54) is 12.1 Å². The highest BCUT2D eigenvalue weighted by molar-refractivity contribution is 5.94. The van der Waals surface area contributed by atoms with Crippen molar-refractivity contribution in [3.63, 3.8) is 0 Å². The van der Waals surface area contributed by atoms with E-state index in [1.807, 2.05) is 13.8 Å². The molecule has 0 fully saturated rings. The van der Waals surface area contributed by atoms with Gasteiger partial charge in [0.2, 0.25) is 0 Å². The summed E-state index contributed by atoms with van der Waals surface area (Å²) in [6.07, 6.45) is -9.94. The van der Waals surface area contributed by atoms with Gasteiger partial charge in [0, 0.05) is 12.1 Å². The maximum Gasteiger partial charge on any atom is 0.416 e. The van der Waals surface area contributed by atoms with Gasteiger partial charge in [-0.15, -0.1) is 0 Å². The van der Waals surface area contributed by atoms with E-state index >= 15 is 0 Å². The Balaban J connectivity index is 2.15. The van der Waals surface area contributed by atoms with Crippen molar-refractivity contribution in [3.05, 3.63) is 64.7 Å². The molecule has 0 spiro atoms. The summed E-state index contributed by atoms with van der Waals surface area (Å²) < 4.78 is 82.6. The van der Waals surface area contributed by atoms with E-state index in [2.05, 4.69) is 5.32 Å². The van der Waals surface area contributed by atoms with Gasteiger partial charge in [-0.05, 0) is 61.9 Å². The Bertz CT molecular complexity index is 794. The highest BCUT2D eigenvalue weighted by Gasteiger charge is 2.36. The lowest BCUT2D eigenvalue weighted by molar-refractivity contribution is -0.143. The fourth-order valence-electron chi connectivity index (χ4n) is 2.36. The molecule has 28 heavy (non-hydrogen) atoms. The lowest BCUT2D eigenvalue weighted by Gasteiger charge is -2.15. The van der Waals surface area contributed by atoms with Crippen LogP contribution >= 0.6 is 0 Å². The highest BCUT2D eigenvalue weighted by atomic mass is 19.4. The summed E-state index contributed by atoms with van der Waals surface area (Å²) in [6.45, 7) is 3.16. The minimum atomic E-state index is -4.94. The Kier molecular flexibility index (Phi) is 6.26. The molecule has 0 unspecified atom stereocenters. The molecule has 9 heteroatoms. The third-order valence-electron chi connectivity index (χ3n) is 3.59. The number of ether oxygens (including phenoxy) is 1. The summed E-state index contributed by atoms with van der Waals surface area (Å²) in [6, 6.07) is 7.17. The third kappa shape index (κ3) is 5.90. The Hall–Kier alpha value is -2.71. The minimum Gasteiger partial charge on any atom is -0.491 e. The number of benzene rings is 2. The van der Waals surface area contributed by atoms with Crippen LogP contribution in [0.4, 0.5) is 26.3 Å². The van der Waals surface area contributed by atoms with E-state index in [4.69, 9.17) is 4.74 Å². The number of amides is 1. The molecule has 2 aromatic carbocycles. The average molecular weight is 405 g/mol. The van der Waals surface area contributed by atoms with E-state index in [-0.39, 0.29) is 23.3 Å². The van der Waals surface area contributed by atoms with Crippen LogP contribution in [0.2, 0.25) is 0 Å². The molecular weight excluding hydrogens is 388 g/mol. The van der Waals surface area contributed by atoms with Crippen LogP contribution in [0.3, 0.4) is 0 Å². The molecule has 0 saturated heterocycles. The van der Waals surface area contributed by atoms with Gasteiger partial charge in [-0.2, -0.15) is 26.3 Å². The second-order valence-electron chi connectivity index (χ2n) is 6.29. The van der Waals surface area contributed by atoms with Crippen molar-refractivity contribution < 1.29 is 35.9 Å². The van der Waals surface area contributed by atoms with Crippen LogP contribution in [0.1, 0.15) is 40.9 Å². The van der Waals surface area contributed by atoms with Crippen molar-refractivity contribution in [1.29, 1.82) is 0 Å². The monoisotopic (exact) mass is 405 g/mol. The van der Waals surface area contributed by atoms with Crippen molar-refractivity contribution in [3.8, 4) is 5.75 Å². The SMILES string of the molecule is CC(C)Oc1ccc(C(=O)NCc2cc(C(F)(F)F)cc(C(F)(F)F)c2)cc1. The molecular formula is C19H17F6NO2. The van der Waals surface area contributed by atoms with Crippen LogP contribution in [0.15, 0.2) is 42.5 Å². The molecule has 0 aliphatic heterocycles. The van der Waals surface area contributed by atoms with Gasteiger partial charge in [0.25, 0.3) is 5.91 Å². The second-order valence-corrected chi connectivity index (χ2v) is 6.29. The van der Waals surface area contributed by atoms with Crippen molar-refractivity contribution in [1.82, 2.24) is 5.32 Å². The lowest BCUT2D eigenvalue weighted by atomic mass is 10.0. The van der Waals surface area contributed by atoms with Crippen LogP contribution in [-0.4, -0.2) is 12.0 Å². The zero-order chi connectivity index (χ0) is 21.1. The fraction of sp³-hybridized carbons (Fsp3) is 0.316. The topological polar surface area (TPSA) is 38.3 Å². The van der Waals surface area contributed by atoms with Crippen LogP contribution in [0, 0.1) is 0 Å². The van der Waals surface area contributed by atoms with E-state index < -0.39 is 35.9 Å². The predicted molar refractivity (Wildman–Crippen MR) is 89.8 cm³/mol. The summed E-state index contributed by atoms with van der Waals surface area (Å²) in [5, 5.41) is 2.32. The van der Waals surface area contributed by atoms with Crippen molar-refractivity contribution in [2.24, 2.45) is 0 Å². The van der Waals surface area contributed by atoms with Gasteiger partial charge in [-0.1, -0.05) is 0 Å². The van der Waals surface area contributed by atoms with Gasteiger partial charge >= 0.3 is 12.4 Å². The Morgan fingerprint density at radius 2 is 1.43 bits per heavy atom. The molecule has 0 radical (unpaired) electrons. The fourth-order valence-corrected chi connectivity index (χ4v) is 2.36. The number of carbonyl (C=O) groups excluding carboxylic acids is 1. The first-order valence-electron chi connectivity index (χ1n) is 8.19. The average Bonchev–Trinajstić information content (AvgIpc) is 2.58. The van der Waals surface area contributed by atoms with E-state index in [9.17, 15) is 31.1 Å². The summed E-state index contributed by atoms with van der Waals surface area (Å²) >= 11 is 0. The number of rotatable bonds is 5. The maximum atomic E-state index is 12.9. The standard InChI is InChI=1S/C19H17F6NO2/c1-11(2)28-16-5-3-13(4-6-16)17(27)26-10-12-7-14(18(20,21)22)9-15(8-12)19(23,24)25/h3-9,11H,10H2,1-2H3,(H,26,27). The van der Waals surface area contributed by atoms with Crippen molar-refractivity contribution in [2.75, 3.05) is 0 Å². The van der Waals surface area contributed by atoms with E-state index in [0.29, 0.717) is 17.9 Å². The van der Waals surface area contributed by atoms with Gasteiger partial charge < -0.3 is 10.1 Å².